The quantitative estimate of drug-likeness (QED) is 0.844. The van der Waals surface area contributed by atoms with Gasteiger partial charge in [-0.05, 0) is 43.3 Å². The lowest BCUT2D eigenvalue weighted by Crippen LogP contribution is -2.08. The Kier molecular flexibility index (Phi) is 4.30. The van der Waals surface area contributed by atoms with E-state index in [9.17, 15) is 4.79 Å². The second kappa shape index (κ2) is 5.95. The van der Waals surface area contributed by atoms with E-state index in [2.05, 4.69) is 5.32 Å². The van der Waals surface area contributed by atoms with Crippen LogP contribution >= 0.6 is 23.2 Å². The van der Waals surface area contributed by atoms with E-state index in [1.807, 2.05) is 13.0 Å². The Hall–Kier alpha value is -1.71. The van der Waals surface area contributed by atoms with Gasteiger partial charge in [-0.2, -0.15) is 0 Å². The Balaban J connectivity index is 2.05. The number of carbonyl (C=O) groups excluding carboxylic acids is 1. The average Bonchev–Trinajstić information content (AvgIpc) is 2.77. The summed E-state index contributed by atoms with van der Waals surface area (Å²) in [5, 5.41) is 3.58. The molecule has 0 aliphatic rings. The highest BCUT2D eigenvalue weighted by molar-refractivity contribution is 6.35. The minimum atomic E-state index is -0.307. The molecule has 0 fully saturated rings. The molecule has 0 saturated carbocycles. The van der Waals surface area contributed by atoms with Crippen LogP contribution in [0.3, 0.4) is 0 Å². The molecular weight excluding hydrogens is 285 g/mol. The van der Waals surface area contributed by atoms with Gasteiger partial charge in [0.05, 0.1) is 10.7 Å². The highest BCUT2D eigenvalue weighted by Crippen LogP contribution is 2.25. The third-order valence-electron chi connectivity index (χ3n) is 2.35. The first-order valence-corrected chi connectivity index (χ1v) is 6.31. The number of nitrogens with one attached hydrogen (secondary N) is 1. The molecule has 19 heavy (non-hydrogen) atoms. The van der Waals surface area contributed by atoms with Gasteiger partial charge in [-0.1, -0.05) is 23.2 Å². The smallest absolute Gasteiger partial charge is 0.248 e. The lowest BCUT2D eigenvalue weighted by Gasteiger charge is -2.04. The first-order chi connectivity index (χ1) is 9.04. The second-order valence-corrected chi connectivity index (χ2v) is 4.74. The fraction of sp³-hybridized carbons (Fsp3) is 0.0714. The number of halogens is 2. The van der Waals surface area contributed by atoms with Crippen LogP contribution in [0.1, 0.15) is 11.5 Å². The number of hydrogen-bond acceptors (Lipinski definition) is 2. The van der Waals surface area contributed by atoms with E-state index in [1.54, 1.807) is 30.3 Å². The van der Waals surface area contributed by atoms with Crippen molar-refractivity contribution in [1.29, 1.82) is 0 Å². The highest BCUT2D eigenvalue weighted by atomic mass is 35.5. The van der Waals surface area contributed by atoms with Crippen LogP contribution in [0.25, 0.3) is 6.08 Å². The molecule has 0 unspecified atom stereocenters. The van der Waals surface area contributed by atoms with E-state index in [-0.39, 0.29) is 5.91 Å². The van der Waals surface area contributed by atoms with Crippen molar-refractivity contribution in [3.05, 3.63) is 58.0 Å². The fourth-order valence-electron chi connectivity index (χ4n) is 1.47. The third kappa shape index (κ3) is 3.88. The Labute approximate surface area is 120 Å². The first kappa shape index (κ1) is 13.7. The van der Waals surface area contributed by atoms with E-state index in [0.717, 1.165) is 5.76 Å². The number of rotatable bonds is 3. The SMILES string of the molecule is Cc1ccc(C=CC(=O)Nc2cc(Cl)ccc2Cl)o1. The maximum absolute atomic E-state index is 11.7. The fourth-order valence-corrected chi connectivity index (χ4v) is 1.81. The zero-order valence-corrected chi connectivity index (χ0v) is 11.6. The number of benzene rings is 1. The van der Waals surface area contributed by atoms with Gasteiger partial charge >= 0.3 is 0 Å². The Bertz CT molecular complexity index is 632. The number of furan rings is 1. The van der Waals surface area contributed by atoms with E-state index in [0.29, 0.717) is 21.5 Å². The molecule has 2 rings (SSSR count). The van der Waals surface area contributed by atoms with Crippen LogP contribution in [-0.4, -0.2) is 5.91 Å². The van der Waals surface area contributed by atoms with Crippen LogP contribution in [0.15, 0.2) is 40.8 Å². The first-order valence-electron chi connectivity index (χ1n) is 5.55. The van der Waals surface area contributed by atoms with E-state index < -0.39 is 0 Å². The Morgan fingerprint density at radius 2 is 2.05 bits per heavy atom. The summed E-state index contributed by atoms with van der Waals surface area (Å²) in [6, 6.07) is 8.48. The molecule has 3 nitrogen and oxygen atoms in total. The topological polar surface area (TPSA) is 42.2 Å². The number of hydrogen-bond donors (Lipinski definition) is 1. The molecule has 1 aromatic heterocycles. The summed E-state index contributed by atoms with van der Waals surface area (Å²) in [5.74, 6) is 1.10. The number of carbonyl (C=O) groups is 1. The van der Waals surface area contributed by atoms with Crippen LogP contribution in [0, 0.1) is 6.92 Å². The van der Waals surface area contributed by atoms with Crippen molar-refractivity contribution in [3.63, 3.8) is 0 Å². The van der Waals surface area contributed by atoms with E-state index in [1.165, 1.54) is 6.08 Å². The molecule has 1 N–H and O–H groups in total. The largest absolute Gasteiger partial charge is 0.462 e. The van der Waals surface area contributed by atoms with Crippen molar-refractivity contribution in [2.75, 3.05) is 5.32 Å². The second-order valence-electron chi connectivity index (χ2n) is 3.90. The molecule has 0 radical (unpaired) electrons. The summed E-state index contributed by atoms with van der Waals surface area (Å²) < 4.78 is 5.31. The van der Waals surface area contributed by atoms with Gasteiger partial charge in [-0.3, -0.25) is 4.79 Å². The van der Waals surface area contributed by atoms with Gasteiger partial charge in [0.1, 0.15) is 11.5 Å². The van der Waals surface area contributed by atoms with Crippen molar-refractivity contribution in [3.8, 4) is 0 Å². The van der Waals surface area contributed by atoms with Gasteiger partial charge in [0.2, 0.25) is 5.91 Å². The van der Waals surface area contributed by atoms with Crippen molar-refractivity contribution in [2.45, 2.75) is 6.92 Å². The predicted octanol–water partition coefficient (Wildman–Crippen LogP) is 4.55. The van der Waals surface area contributed by atoms with Gasteiger partial charge in [0.25, 0.3) is 0 Å². The number of anilines is 1. The van der Waals surface area contributed by atoms with E-state index >= 15 is 0 Å². The van der Waals surface area contributed by atoms with Crippen molar-refractivity contribution < 1.29 is 9.21 Å². The maximum atomic E-state index is 11.7. The normalized spacial score (nSPS) is 10.9. The molecular formula is C14H11Cl2NO2. The van der Waals surface area contributed by atoms with Crippen molar-refractivity contribution in [2.24, 2.45) is 0 Å². The molecule has 0 aliphatic carbocycles. The summed E-state index contributed by atoms with van der Waals surface area (Å²) in [5.41, 5.74) is 0.472. The number of aryl methyl sites for hydroxylation is 1. The van der Waals surface area contributed by atoms with Crippen molar-refractivity contribution in [1.82, 2.24) is 0 Å². The standard InChI is InChI=1S/C14H11Cl2NO2/c1-9-2-4-11(19-9)5-7-14(18)17-13-8-10(15)3-6-12(13)16/h2-8H,1H3,(H,17,18). The van der Waals surface area contributed by atoms with Crippen molar-refractivity contribution >= 4 is 40.9 Å². The molecule has 0 bridgehead atoms. The summed E-state index contributed by atoms with van der Waals surface area (Å²) >= 11 is 11.8. The summed E-state index contributed by atoms with van der Waals surface area (Å²) in [6.07, 6.45) is 2.95. The van der Waals surface area contributed by atoms with Crippen LogP contribution in [0.5, 0.6) is 0 Å². The summed E-state index contributed by atoms with van der Waals surface area (Å²) in [6.45, 7) is 1.84. The molecule has 98 valence electrons. The van der Waals surface area contributed by atoms with Crippen LogP contribution in [0.4, 0.5) is 5.69 Å². The summed E-state index contributed by atoms with van der Waals surface area (Å²) in [7, 11) is 0. The van der Waals surface area contributed by atoms with Gasteiger partial charge in [-0.15, -0.1) is 0 Å². The lowest BCUT2D eigenvalue weighted by atomic mass is 10.3. The average molecular weight is 296 g/mol. The van der Waals surface area contributed by atoms with Crippen LogP contribution < -0.4 is 5.32 Å². The van der Waals surface area contributed by atoms with Gasteiger partial charge in [0, 0.05) is 11.1 Å². The molecule has 1 amide bonds. The molecule has 0 spiro atoms. The molecule has 0 atom stereocenters. The third-order valence-corrected chi connectivity index (χ3v) is 2.91. The molecule has 1 heterocycles. The molecule has 0 saturated heterocycles. The highest BCUT2D eigenvalue weighted by Gasteiger charge is 2.04. The van der Waals surface area contributed by atoms with Crippen LogP contribution in [-0.2, 0) is 4.79 Å². The zero-order valence-electron chi connectivity index (χ0n) is 10.1. The molecule has 0 aliphatic heterocycles. The molecule has 5 heteroatoms. The Morgan fingerprint density at radius 3 is 2.74 bits per heavy atom. The molecule has 1 aromatic carbocycles. The summed E-state index contributed by atoms with van der Waals surface area (Å²) in [4.78, 5) is 11.7. The predicted molar refractivity (Wildman–Crippen MR) is 77.6 cm³/mol. The monoisotopic (exact) mass is 295 g/mol. The van der Waals surface area contributed by atoms with E-state index in [4.69, 9.17) is 27.6 Å². The minimum Gasteiger partial charge on any atom is -0.462 e. The Morgan fingerprint density at radius 1 is 1.26 bits per heavy atom. The van der Waals surface area contributed by atoms with Gasteiger partial charge in [0.15, 0.2) is 0 Å². The lowest BCUT2D eigenvalue weighted by molar-refractivity contribution is -0.111. The minimum absolute atomic E-state index is 0.307. The van der Waals surface area contributed by atoms with Crippen LogP contribution in [0.2, 0.25) is 10.0 Å². The van der Waals surface area contributed by atoms with Gasteiger partial charge < -0.3 is 9.73 Å². The van der Waals surface area contributed by atoms with Gasteiger partial charge in [-0.25, -0.2) is 0 Å². The molecule has 2 aromatic rings. The zero-order chi connectivity index (χ0) is 13.8. The maximum Gasteiger partial charge on any atom is 0.248 e. The number of amides is 1.